The SMILES string of the molecule is CCc1c(F)ccc2cc(O)cc(-c3ccc4c(N5CCC(N)C5)nc(OC[C@@]56CCCN5C[C@H](F)C6)nc4c3)c12. The molecule has 0 amide bonds. The number of ether oxygens (including phenoxy) is 1. The number of rotatable bonds is 6. The molecule has 214 valence electrons. The first-order valence-corrected chi connectivity index (χ1v) is 14.6. The standard InChI is InChI=1S/C32H35F2N5O2/c1-2-24-27(34)7-5-20-12-23(40)14-26(29(20)24)19-4-6-25-28(13-19)36-31(37-30(25)38-11-8-22(35)17-38)41-18-32-9-3-10-39(32)16-21(33)15-32/h4-7,12-14,21-22,40H,2-3,8-11,15-18,35H2,1H3/t21-,22?,32+/m1/s1. The van der Waals surface area contributed by atoms with Gasteiger partial charge in [-0.2, -0.15) is 9.97 Å². The molecule has 3 aliphatic heterocycles. The number of halogens is 2. The number of phenols is 1. The van der Waals surface area contributed by atoms with Gasteiger partial charge in [-0.15, -0.1) is 0 Å². The Morgan fingerprint density at radius 3 is 2.80 bits per heavy atom. The molecule has 3 saturated heterocycles. The van der Waals surface area contributed by atoms with Gasteiger partial charge in [0.25, 0.3) is 0 Å². The van der Waals surface area contributed by atoms with E-state index in [2.05, 4.69) is 9.80 Å². The van der Waals surface area contributed by atoms with Gasteiger partial charge in [-0.3, -0.25) is 4.90 Å². The minimum absolute atomic E-state index is 0.0654. The molecule has 0 saturated carbocycles. The summed E-state index contributed by atoms with van der Waals surface area (Å²) in [5, 5.41) is 13.0. The van der Waals surface area contributed by atoms with Gasteiger partial charge in [0, 0.05) is 37.5 Å². The number of aromatic hydroxyl groups is 1. The third kappa shape index (κ3) is 4.55. The quantitative estimate of drug-likeness (QED) is 0.329. The van der Waals surface area contributed by atoms with Crippen molar-refractivity contribution in [1.82, 2.24) is 14.9 Å². The summed E-state index contributed by atoms with van der Waals surface area (Å²) in [5.41, 5.74) is 8.79. The van der Waals surface area contributed by atoms with E-state index in [-0.39, 0.29) is 29.2 Å². The maximum absolute atomic E-state index is 14.9. The van der Waals surface area contributed by atoms with E-state index in [4.69, 9.17) is 20.4 Å². The Morgan fingerprint density at radius 1 is 1.12 bits per heavy atom. The van der Waals surface area contributed by atoms with E-state index in [9.17, 15) is 13.9 Å². The smallest absolute Gasteiger partial charge is 0.319 e. The number of phenolic OH excluding ortho intramolecular Hbond substituents is 1. The number of alkyl halides is 1. The molecule has 0 radical (unpaired) electrons. The van der Waals surface area contributed by atoms with Crippen molar-refractivity contribution < 1.29 is 18.6 Å². The second-order valence-electron chi connectivity index (χ2n) is 11.9. The summed E-state index contributed by atoms with van der Waals surface area (Å²) in [7, 11) is 0. The van der Waals surface area contributed by atoms with Gasteiger partial charge in [0.05, 0.1) is 11.1 Å². The third-order valence-corrected chi connectivity index (χ3v) is 9.23. The van der Waals surface area contributed by atoms with E-state index in [1.807, 2.05) is 25.1 Å². The van der Waals surface area contributed by atoms with Crippen molar-refractivity contribution in [3.8, 4) is 22.9 Å². The number of aryl methyl sites for hydroxylation is 1. The topological polar surface area (TPSA) is 87.7 Å². The van der Waals surface area contributed by atoms with E-state index in [1.165, 1.54) is 6.07 Å². The summed E-state index contributed by atoms with van der Waals surface area (Å²) in [6, 6.07) is 12.7. The molecule has 3 N–H and O–H groups in total. The molecule has 0 bridgehead atoms. The summed E-state index contributed by atoms with van der Waals surface area (Å²) in [6.07, 6.45) is 2.96. The van der Waals surface area contributed by atoms with Gasteiger partial charge < -0.3 is 20.5 Å². The normalized spacial score (nSPS) is 24.5. The predicted octanol–water partition coefficient (Wildman–Crippen LogP) is 5.35. The lowest BCUT2D eigenvalue weighted by Gasteiger charge is -2.31. The van der Waals surface area contributed by atoms with Crippen LogP contribution in [-0.2, 0) is 6.42 Å². The fraction of sp³-hybridized carbons (Fsp3) is 0.438. The zero-order valence-electron chi connectivity index (χ0n) is 23.2. The summed E-state index contributed by atoms with van der Waals surface area (Å²) in [6.45, 7) is 5.09. The van der Waals surface area contributed by atoms with E-state index < -0.39 is 6.17 Å². The molecule has 3 aromatic carbocycles. The largest absolute Gasteiger partial charge is 0.508 e. The number of fused-ring (bicyclic) bond motifs is 3. The van der Waals surface area contributed by atoms with E-state index in [0.717, 1.165) is 65.5 Å². The summed E-state index contributed by atoms with van der Waals surface area (Å²) >= 11 is 0. The van der Waals surface area contributed by atoms with Gasteiger partial charge in [0.2, 0.25) is 0 Å². The van der Waals surface area contributed by atoms with Crippen molar-refractivity contribution in [3.05, 3.63) is 53.8 Å². The first-order valence-electron chi connectivity index (χ1n) is 14.6. The Labute approximate surface area is 237 Å². The molecule has 3 aliphatic rings. The van der Waals surface area contributed by atoms with Gasteiger partial charge in [0.1, 0.15) is 30.2 Å². The molecule has 9 heteroatoms. The van der Waals surface area contributed by atoms with Crippen molar-refractivity contribution in [3.63, 3.8) is 0 Å². The van der Waals surface area contributed by atoms with E-state index in [1.54, 1.807) is 18.2 Å². The number of aromatic nitrogens is 2. The van der Waals surface area contributed by atoms with Gasteiger partial charge in [-0.25, -0.2) is 8.78 Å². The average molecular weight is 560 g/mol. The fourth-order valence-electron chi connectivity index (χ4n) is 7.27. The van der Waals surface area contributed by atoms with Crippen LogP contribution >= 0.6 is 0 Å². The molecule has 4 aromatic rings. The molecular formula is C32H35F2N5O2. The molecule has 41 heavy (non-hydrogen) atoms. The number of benzene rings is 3. The number of anilines is 1. The molecule has 4 heterocycles. The minimum Gasteiger partial charge on any atom is -0.508 e. The lowest BCUT2D eigenvalue weighted by Crippen LogP contribution is -2.43. The van der Waals surface area contributed by atoms with Crippen LogP contribution in [0.25, 0.3) is 32.8 Å². The van der Waals surface area contributed by atoms with Gasteiger partial charge in [-0.05, 0) is 90.0 Å². The van der Waals surface area contributed by atoms with Crippen molar-refractivity contribution in [1.29, 1.82) is 0 Å². The molecule has 0 spiro atoms. The van der Waals surface area contributed by atoms with Crippen LogP contribution in [0.5, 0.6) is 11.8 Å². The van der Waals surface area contributed by atoms with Crippen molar-refractivity contribution >= 4 is 27.5 Å². The molecule has 7 rings (SSSR count). The highest BCUT2D eigenvalue weighted by atomic mass is 19.1. The number of hydrogen-bond donors (Lipinski definition) is 2. The Balaban J connectivity index is 1.34. The van der Waals surface area contributed by atoms with Gasteiger partial charge >= 0.3 is 6.01 Å². The van der Waals surface area contributed by atoms with Crippen LogP contribution in [0, 0.1) is 5.82 Å². The van der Waals surface area contributed by atoms with Crippen LogP contribution in [0.3, 0.4) is 0 Å². The fourth-order valence-corrected chi connectivity index (χ4v) is 7.27. The van der Waals surface area contributed by atoms with Crippen molar-refractivity contribution in [2.75, 3.05) is 37.7 Å². The van der Waals surface area contributed by atoms with E-state index in [0.29, 0.717) is 43.6 Å². The Kier molecular flexibility index (Phi) is 6.47. The molecule has 1 aromatic heterocycles. The monoisotopic (exact) mass is 559 g/mol. The maximum atomic E-state index is 14.9. The first-order chi connectivity index (χ1) is 19.8. The number of nitrogens with two attached hydrogens (primary N) is 1. The maximum Gasteiger partial charge on any atom is 0.319 e. The molecule has 3 atom stereocenters. The molecule has 1 unspecified atom stereocenters. The molecule has 0 aliphatic carbocycles. The molecular weight excluding hydrogens is 524 g/mol. The number of nitrogens with zero attached hydrogens (tertiary/aromatic N) is 4. The van der Waals surface area contributed by atoms with Crippen LogP contribution in [-0.4, -0.2) is 70.5 Å². The third-order valence-electron chi connectivity index (χ3n) is 9.23. The highest BCUT2D eigenvalue weighted by molar-refractivity contribution is 6.02. The zero-order chi connectivity index (χ0) is 28.3. The Morgan fingerprint density at radius 2 is 2.00 bits per heavy atom. The van der Waals surface area contributed by atoms with Crippen LogP contribution in [0.15, 0.2) is 42.5 Å². The van der Waals surface area contributed by atoms with Crippen LogP contribution < -0.4 is 15.4 Å². The summed E-state index contributed by atoms with van der Waals surface area (Å²) in [5.74, 6) is 0.616. The van der Waals surface area contributed by atoms with Crippen molar-refractivity contribution in [2.45, 2.75) is 56.8 Å². The number of hydrogen-bond acceptors (Lipinski definition) is 7. The first kappa shape index (κ1) is 26.3. The Hall–Kier alpha value is -3.56. The highest BCUT2D eigenvalue weighted by Gasteiger charge is 2.49. The minimum atomic E-state index is -0.837. The second-order valence-corrected chi connectivity index (χ2v) is 11.9. The molecule has 7 nitrogen and oxygen atoms in total. The van der Waals surface area contributed by atoms with E-state index >= 15 is 0 Å². The lowest BCUT2D eigenvalue weighted by atomic mass is 9.92. The van der Waals surface area contributed by atoms with Crippen LogP contribution in [0.4, 0.5) is 14.6 Å². The highest BCUT2D eigenvalue weighted by Crippen LogP contribution is 2.41. The summed E-state index contributed by atoms with van der Waals surface area (Å²) < 4.78 is 35.5. The zero-order valence-corrected chi connectivity index (χ0v) is 23.2. The lowest BCUT2D eigenvalue weighted by molar-refractivity contribution is 0.107. The average Bonchev–Trinajstić information content (AvgIpc) is 3.64. The van der Waals surface area contributed by atoms with Gasteiger partial charge in [-0.1, -0.05) is 19.1 Å². The van der Waals surface area contributed by atoms with Gasteiger partial charge in [0.15, 0.2) is 0 Å². The van der Waals surface area contributed by atoms with Crippen LogP contribution in [0.2, 0.25) is 0 Å². The van der Waals surface area contributed by atoms with Crippen molar-refractivity contribution in [2.24, 2.45) is 5.73 Å². The molecule has 3 fully saturated rings. The second kappa shape index (κ2) is 10.1. The predicted molar refractivity (Wildman–Crippen MR) is 157 cm³/mol. The van der Waals surface area contributed by atoms with Crippen LogP contribution in [0.1, 0.15) is 38.2 Å². The Bertz CT molecular complexity index is 1650. The summed E-state index contributed by atoms with van der Waals surface area (Å²) in [4.78, 5) is 14.1.